The van der Waals surface area contributed by atoms with Gasteiger partial charge in [-0.25, -0.2) is 4.79 Å². The van der Waals surface area contributed by atoms with E-state index in [1.54, 1.807) is 6.92 Å². The maximum Gasteiger partial charge on any atom is 0.328 e. The third kappa shape index (κ3) is 3.19. The first-order chi connectivity index (χ1) is 7.54. The van der Waals surface area contributed by atoms with Crippen molar-refractivity contribution in [3.05, 3.63) is 0 Å². The molecule has 16 heavy (non-hydrogen) atoms. The molecule has 0 aliphatic heterocycles. The van der Waals surface area contributed by atoms with Crippen molar-refractivity contribution in [1.82, 2.24) is 0 Å². The van der Waals surface area contributed by atoms with Crippen LogP contribution in [-0.4, -0.2) is 30.8 Å². The maximum atomic E-state index is 11.8. The van der Waals surface area contributed by atoms with Crippen molar-refractivity contribution in [3.8, 4) is 0 Å². The van der Waals surface area contributed by atoms with Crippen LogP contribution in [0, 0.1) is 5.92 Å². The highest BCUT2D eigenvalue weighted by Gasteiger charge is 2.49. The second-order valence-electron chi connectivity index (χ2n) is 4.56. The molecule has 1 aliphatic carbocycles. The van der Waals surface area contributed by atoms with Crippen molar-refractivity contribution in [1.29, 1.82) is 0 Å². The largest absolute Gasteiger partial charge is 0.465 e. The van der Waals surface area contributed by atoms with E-state index in [0.29, 0.717) is 6.61 Å². The van der Waals surface area contributed by atoms with Crippen molar-refractivity contribution in [2.24, 2.45) is 11.7 Å². The molecule has 0 aromatic heterocycles. The number of nitrogens with two attached hydrogens (primary N) is 1. The molecule has 2 atom stereocenters. The summed E-state index contributed by atoms with van der Waals surface area (Å²) in [6, 6.07) is 0. The Morgan fingerprint density at radius 3 is 2.56 bits per heavy atom. The van der Waals surface area contributed by atoms with Gasteiger partial charge in [0, 0.05) is 0 Å². The number of hydrogen-bond acceptors (Lipinski definition) is 4. The Morgan fingerprint density at radius 1 is 1.50 bits per heavy atom. The van der Waals surface area contributed by atoms with E-state index in [-0.39, 0.29) is 24.6 Å². The Morgan fingerprint density at radius 2 is 2.12 bits per heavy atom. The highest BCUT2D eigenvalue weighted by atomic mass is 16.5. The Hall–Kier alpha value is -0.610. The van der Waals surface area contributed by atoms with Crippen LogP contribution in [0.25, 0.3) is 0 Å². The SMILES string of the molecule is CCOC(=O)C(N)(COC(C)CC)C1CC1. The maximum absolute atomic E-state index is 11.8. The summed E-state index contributed by atoms with van der Waals surface area (Å²) in [5.74, 6) is -0.0867. The van der Waals surface area contributed by atoms with Crippen LogP contribution in [0.1, 0.15) is 40.0 Å². The van der Waals surface area contributed by atoms with Crippen LogP contribution in [0.4, 0.5) is 0 Å². The number of ether oxygens (including phenoxy) is 2. The lowest BCUT2D eigenvalue weighted by molar-refractivity contribution is -0.154. The number of esters is 1. The van der Waals surface area contributed by atoms with Crippen LogP contribution in [0.5, 0.6) is 0 Å². The molecule has 1 rings (SSSR count). The van der Waals surface area contributed by atoms with Gasteiger partial charge < -0.3 is 15.2 Å². The van der Waals surface area contributed by atoms with Crippen LogP contribution < -0.4 is 5.73 Å². The van der Waals surface area contributed by atoms with Gasteiger partial charge in [-0.2, -0.15) is 0 Å². The van der Waals surface area contributed by atoms with E-state index < -0.39 is 5.54 Å². The molecule has 0 amide bonds. The average molecular weight is 229 g/mol. The van der Waals surface area contributed by atoms with E-state index in [9.17, 15) is 4.79 Å². The number of carbonyl (C=O) groups is 1. The zero-order valence-corrected chi connectivity index (χ0v) is 10.5. The molecule has 4 nitrogen and oxygen atoms in total. The third-order valence-electron chi connectivity index (χ3n) is 3.14. The van der Waals surface area contributed by atoms with Gasteiger partial charge in [0.05, 0.1) is 19.3 Å². The topological polar surface area (TPSA) is 61.5 Å². The average Bonchev–Trinajstić information content (AvgIpc) is 3.09. The molecule has 0 saturated heterocycles. The van der Waals surface area contributed by atoms with Gasteiger partial charge >= 0.3 is 5.97 Å². The molecule has 94 valence electrons. The van der Waals surface area contributed by atoms with Crippen molar-refractivity contribution in [2.75, 3.05) is 13.2 Å². The molecule has 1 fully saturated rings. The second kappa shape index (κ2) is 5.64. The summed E-state index contributed by atoms with van der Waals surface area (Å²) < 4.78 is 10.6. The summed E-state index contributed by atoms with van der Waals surface area (Å²) in [5.41, 5.74) is 5.21. The van der Waals surface area contributed by atoms with Crippen molar-refractivity contribution >= 4 is 5.97 Å². The summed E-state index contributed by atoms with van der Waals surface area (Å²) in [6.07, 6.45) is 3.05. The predicted octanol–water partition coefficient (Wildman–Crippen LogP) is 1.47. The molecule has 0 bridgehead atoms. The van der Waals surface area contributed by atoms with Crippen LogP contribution in [0.2, 0.25) is 0 Å². The Kier molecular flexibility index (Phi) is 4.74. The normalized spacial score (nSPS) is 21.2. The molecule has 2 N–H and O–H groups in total. The van der Waals surface area contributed by atoms with Crippen molar-refractivity contribution in [3.63, 3.8) is 0 Å². The van der Waals surface area contributed by atoms with E-state index in [1.165, 1.54) is 0 Å². The quantitative estimate of drug-likeness (QED) is 0.672. The fraction of sp³-hybridized carbons (Fsp3) is 0.917. The van der Waals surface area contributed by atoms with E-state index in [4.69, 9.17) is 15.2 Å². The van der Waals surface area contributed by atoms with Crippen LogP contribution >= 0.6 is 0 Å². The second-order valence-corrected chi connectivity index (χ2v) is 4.56. The summed E-state index contributed by atoms with van der Waals surface area (Å²) in [6.45, 7) is 6.46. The Labute approximate surface area is 97.5 Å². The van der Waals surface area contributed by atoms with Gasteiger partial charge in [0.1, 0.15) is 5.54 Å². The van der Waals surface area contributed by atoms with E-state index in [2.05, 4.69) is 0 Å². The third-order valence-corrected chi connectivity index (χ3v) is 3.14. The first-order valence-corrected chi connectivity index (χ1v) is 6.12. The molecule has 4 heteroatoms. The zero-order valence-electron chi connectivity index (χ0n) is 10.5. The van der Waals surface area contributed by atoms with Gasteiger partial charge in [0.25, 0.3) is 0 Å². The number of carbonyl (C=O) groups excluding carboxylic acids is 1. The summed E-state index contributed by atoms with van der Waals surface area (Å²) >= 11 is 0. The summed E-state index contributed by atoms with van der Waals surface area (Å²) in [4.78, 5) is 11.8. The van der Waals surface area contributed by atoms with E-state index >= 15 is 0 Å². The molecule has 2 unspecified atom stereocenters. The van der Waals surface area contributed by atoms with Gasteiger partial charge in [-0.3, -0.25) is 0 Å². The van der Waals surface area contributed by atoms with Crippen LogP contribution in [0.15, 0.2) is 0 Å². The minimum Gasteiger partial charge on any atom is -0.465 e. The molecule has 0 aromatic carbocycles. The van der Waals surface area contributed by atoms with Crippen molar-refractivity contribution in [2.45, 2.75) is 51.7 Å². The van der Waals surface area contributed by atoms with Gasteiger partial charge in [-0.05, 0) is 39.0 Å². The monoisotopic (exact) mass is 229 g/mol. The Bertz CT molecular complexity index is 240. The molecule has 0 heterocycles. The lowest BCUT2D eigenvalue weighted by atomic mass is 9.96. The first-order valence-electron chi connectivity index (χ1n) is 6.12. The number of hydrogen-bond donors (Lipinski definition) is 1. The van der Waals surface area contributed by atoms with E-state index in [0.717, 1.165) is 19.3 Å². The van der Waals surface area contributed by atoms with Crippen molar-refractivity contribution < 1.29 is 14.3 Å². The fourth-order valence-electron chi connectivity index (χ4n) is 1.61. The summed E-state index contributed by atoms with van der Waals surface area (Å²) in [7, 11) is 0. The highest BCUT2D eigenvalue weighted by molar-refractivity contribution is 5.81. The highest BCUT2D eigenvalue weighted by Crippen LogP contribution is 2.39. The molecule has 0 radical (unpaired) electrons. The molecule has 1 saturated carbocycles. The lowest BCUT2D eigenvalue weighted by Gasteiger charge is -2.28. The standard InChI is InChI=1S/C12H23NO3/c1-4-9(3)16-8-12(13,10-6-7-10)11(14)15-5-2/h9-10H,4-8,13H2,1-3H3. The smallest absolute Gasteiger partial charge is 0.328 e. The first kappa shape index (κ1) is 13.5. The van der Waals surface area contributed by atoms with Crippen LogP contribution in [0.3, 0.4) is 0 Å². The molecule has 0 aromatic rings. The van der Waals surface area contributed by atoms with Gasteiger partial charge in [0.2, 0.25) is 0 Å². The van der Waals surface area contributed by atoms with Gasteiger partial charge in [0.15, 0.2) is 0 Å². The molecule has 1 aliphatic rings. The number of rotatable bonds is 7. The van der Waals surface area contributed by atoms with E-state index in [1.807, 2.05) is 13.8 Å². The Balaban J connectivity index is 2.54. The molecule has 0 spiro atoms. The fourth-order valence-corrected chi connectivity index (χ4v) is 1.61. The molecular formula is C12H23NO3. The minimum absolute atomic E-state index is 0.135. The lowest BCUT2D eigenvalue weighted by Crippen LogP contribution is -2.55. The summed E-state index contributed by atoms with van der Waals surface area (Å²) in [5, 5.41) is 0. The van der Waals surface area contributed by atoms with Crippen LogP contribution in [-0.2, 0) is 14.3 Å². The minimum atomic E-state index is -0.931. The zero-order chi connectivity index (χ0) is 12.2. The van der Waals surface area contributed by atoms with Gasteiger partial charge in [-0.15, -0.1) is 0 Å². The molecular weight excluding hydrogens is 206 g/mol. The van der Waals surface area contributed by atoms with Gasteiger partial charge in [-0.1, -0.05) is 6.92 Å². The predicted molar refractivity (Wildman–Crippen MR) is 62.0 cm³/mol.